The second kappa shape index (κ2) is 12.0. The van der Waals surface area contributed by atoms with Gasteiger partial charge in [0.2, 0.25) is 0 Å². The number of aromatic nitrogens is 2. The van der Waals surface area contributed by atoms with E-state index in [1.807, 2.05) is 42.5 Å². The van der Waals surface area contributed by atoms with Crippen molar-refractivity contribution in [2.45, 2.75) is 19.4 Å². The number of benzene rings is 4. The Morgan fingerprint density at radius 3 is 2.23 bits per heavy atom. The van der Waals surface area contributed by atoms with Gasteiger partial charge in [-0.15, -0.1) is 0 Å². The summed E-state index contributed by atoms with van der Waals surface area (Å²) in [5.74, 6) is 1.11. The van der Waals surface area contributed by atoms with Crippen LogP contribution in [0.2, 0.25) is 10.0 Å². The molecule has 1 atom stereocenters. The van der Waals surface area contributed by atoms with Crippen LogP contribution in [0.3, 0.4) is 0 Å². The normalized spacial score (nSPS) is 14.6. The number of rotatable bonds is 6. The molecule has 7 heteroatoms. The minimum atomic E-state index is 0.0531. The number of imidazole rings is 1. The van der Waals surface area contributed by atoms with Crippen LogP contribution < -0.4 is 4.90 Å². The van der Waals surface area contributed by atoms with E-state index in [9.17, 15) is 5.26 Å². The molecule has 0 amide bonds. The summed E-state index contributed by atoms with van der Waals surface area (Å²) in [4.78, 5) is 9.98. The summed E-state index contributed by atoms with van der Waals surface area (Å²) in [6.45, 7) is 5.38. The van der Waals surface area contributed by atoms with Crippen LogP contribution >= 0.6 is 23.2 Å². The number of para-hydroxylation sites is 2. The molecule has 1 saturated heterocycles. The zero-order valence-electron chi connectivity index (χ0n) is 24.4. The fourth-order valence-electron chi connectivity index (χ4n) is 6.62. The average Bonchev–Trinajstić information content (AvgIpc) is 3.43. The molecule has 0 radical (unpaired) electrons. The van der Waals surface area contributed by atoms with Crippen LogP contribution in [-0.4, -0.2) is 40.5 Å². The minimum Gasteiger partial charge on any atom is -0.355 e. The monoisotopic (exact) mass is 615 g/mol. The molecule has 0 N–H and O–H groups in total. The molecule has 4 aromatic carbocycles. The summed E-state index contributed by atoms with van der Waals surface area (Å²) in [6.07, 6.45) is 0.682. The Morgan fingerprint density at radius 2 is 1.50 bits per heavy atom. The van der Waals surface area contributed by atoms with Crippen LogP contribution in [0.4, 0.5) is 5.82 Å². The number of hydrogen-bond donors (Lipinski definition) is 0. The first-order chi connectivity index (χ1) is 21.5. The first kappa shape index (κ1) is 28.4. The van der Waals surface area contributed by atoms with E-state index < -0.39 is 0 Å². The lowest BCUT2D eigenvalue weighted by atomic mass is 9.95. The number of fused-ring (bicyclic) bond motifs is 3. The van der Waals surface area contributed by atoms with Crippen molar-refractivity contribution in [3.63, 3.8) is 0 Å². The summed E-state index contributed by atoms with van der Waals surface area (Å²) < 4.78 is 2.21. The van der Waals surface area contributed by atoms with E-state index >= 15 is 0 Å². The number of pyridine rings is 1. The highest BCUT2D eigenvalue weighted by atomic mass is 35.5. The van der Waals surface area contributed by atoms with Gasteiger partial charge in [0.05, 0.1) is 22.6 Å². The third-order valence-corrected chi connectivity index (χ3v) is 9.39. The summed E-state index contributed by atoms with van der Waals surface area (Å²) in [5, 5.41) is 11.8. The van der Waals surface area contributed by atoms with Crippen molar-refractivity contribution in [3.05, 3.63) is 147 Å². The van der Waals surface area contributed by atoms with E-state index in [0.717, 1.165) is 70.3 Å². The standard InChI is InChI=1S/C37H31Cl2N5/c1-25-30(23-26-15-17-28(38)18-16-26)37(44-34-14-8-7-13-33(34)41-36(44)31(25)24-40)43-21-19-42(20-22-43)35(27-9-3-2-4-10-27)29-11-5-6-12-32(29)39/h2-18,35H,19-23H2,1H3. The highest BCUT2D eigenvalue weighted by Crippen LogP contribution is 2.38. The van der Waals surface area contributed by atoms with E-state index in [0.29, 0.717) is 22.7 Å². The summed E-state index contributed by atoms with van der Waals surface area (Å²) in [6, 6.07) is 37.5. The third kappa shape index (κ3) is 5.10. The number of nitriles is 1. The van der Waals surface area contributed by atoms with Crippen molar-refractivity contribution >= 4 is 45.7 Å². The van der Waals surface area contributed by atoms with Gasteiger partial charge in [0.25, 0.3) is 0 Å². The molecular weight excluding hydrogens is 585 g/mol. The summed E-state index contributed by atoms with van der Waals surface area (Å²) in [5.41, 5.74) is 8.83. The zero-order valence-corrected chi connectivity index (χ0v) is 25.9. The van der Waals surface area contributed by atoms with Crippen LogP contribution in [-0.2, 0) is 6.42 Å². The maximum absolute atomic E-state index is 10.4. The van der Waals surface area contributed by atoms with Gasteiger partial charge in [0, 0.05) is 48.2 Å². The van der Waals surface area contributed by atoms with E-state index in [1.165, 1.54) is 5.56 Å². The van der Waals surface area contributed by atoms with Crippen molar-refractivity contribution in [2.75, 3.05) is 31.1 Å². The first-order valence-electron chi connectivity index (χ1n) is 14.9. The Bertz CT molecular complexity index is 2000. The van der Waals surface area contributed by atoms with Crippen molar-refractivity contribution < 1.29 is 0 Å². The fraction of sp³-hybridized carbons (Fsp3) is 0.189. The second-order valence-corrected chi connectivity index (χ2v) is 12.2. The van der Waals surface area contributed by atoms with Gasteiger partial charge in [0.15, 0.2) is 5.65 Å². The lowest BCUT2D eigenvalue weighted by molar-refractivity contribution is 0.212. The van der Waals surface area contributed by atoms with Crippen LogP contribution in [0.15, 0.2) is 103 Å². The van der Waals surface area contributed by atoms with E-state index in [1.54, 1.807) is 0 Å². The predicted molar refractivity (Wildman–Crippen MR) is 180 cm³/mol. The molecule has 1 aliphatic heterocycles. The summed E-state index contributed by atoms with van der Waals surface area (Å²) in [7, 11) is 0. The molecule has 0 bridgehead atoms. The molecule has 1 unspecified atom stereocenters. The first-order valence-corrected chi connectivity index (χ1v) is 15.6. The Balaban J connectivity index is 1.33. The van der Waals surface area contributed by atoms with Gasteiger partial charge >= 0.3 is 0 Å². The van der Waals surface area contributed by atoms with E-state index in [4.69, 9.17) is 28.2 Å². The smallest absolute Gasteiger partial charge is 0.157 e. The van der Waals surface area contributed by atoms with Gasteiger partial charge in [0.1, 0.15) is 11.9 Å². The molecule has 0 saturated carbocycles. The van der Waals surface area contributed by atoms with Crippen LogP contribution in [0.1, 0.15) is 39.4 Å². The van der Waals surface area contributed by atoms with Gasteiger partial charge in [-0.3, -0.25) is 9.30 Å². The Labute approximate surface area is 267 Å². The van der Waals surface area contributed by atoms with Gasteiger partial charge in [-0.25, -0.2) is 4.98 Å². The quantitative estimate of drug-likeness (QED) is 0.188. The zero-order chi connectivity index (χ0) is 30.2. The maximum atomic E-state index is 10.4. The van der Waals surface area contributed by atoms with Crippen LogP contribution in [0.25, 0.3) is 16.7 Å². The lowest BCUT2D eigenvalue weighted by Gasteiger charge is -2.41. The van der Waals surface area contributed by atoms with Gasteiger partial charge in [-0.2, -0.15) is 5.26 Å². The maximum Gasteiger partial charge on any atom is 0.157 e. The topological polar surface area (TPSA) is 47.6 Å². The molecular formula is C37H31Cl2N5. The molecule has 2 aromatic heterocycles. The Hall–Kier alpha value is -4.34. The molecule has 1 fully saturated rings. The number of piperazine rings is 1. The third-order valence-electron chi connectivity index (χ3n) is 8.79. The minimum absolute atomic E-state index is 0.0531. The number of halogens is 2. The highest BCUT2D eigenvalue weighted by molar-refractivity contribution is 6.31. The molecule has 3 heterocycles. The van der Waals surface area contributed by atoms with Gasteiger partial charge in [-0.05, 0) is 59.5 Å². The second-order valence-electron chi connectivity index (χ2n) is 11.3. The van der Waals surface area contributed by atoms with Crippen molar-refractivity contribution in [1.29, 1.82) is 5.26 Å². The molecule has 1 aliphatic rings. The lowest BCUT2D eigenvalue weighted by Crippen LogP contribution is -2.48. The number of anilines is 1. The van der Waals surface area contributed by atoms with Crippen molar-refractivity contribution in [3.8, 4) is 6.07 Å². The van der Waals surface area contributed by atoms with Crippen LogP contribution in [0.5, 0.6) is 0 Å². The molecule has 0 aliphatic carbocycles. The Kier molecular flexibility index (Phi) is 7.74. The molecule has 0 spiro atoms. The average molecular weight is 617 g/mol. The molecule has 218 valence electrons. The largest absolute Gasteiger partial charge is 0.355 e. The summed E-state index contributed by atoms with van der Waals surface area (Å²) >= 11 is 13.0. The number of nitrogens with zero attached hydrogens (tertiary/aromatic N) is 5. The molecule has 5 nitrogen and oxygen atoms in total. The van der Waals surface area contributed by atoms with Crippen molar-refractivity contribution in [1.82, 2.24) is 14.3 Å². The number of hydrogen-bond acceptors (Lipinski definition) is 4. The fourth-order valence-corrected chi connectivity index (χ4v) is 6.99. The molecule has 44 heavy (non-hydrogen) atoms. The van der Waals surface area contributed by atoms with Crippen molar-refractivity contribution in [2.24, 2.45) is 0 Å². The Morgan fingerprint density at radius 1 is 0.818 bits per heavy atom. The highest BCUT2D eigenvalue weighted by Gasteiger charge is 2.31. The SMILES string of the molecule is Cc1c(Cc2ccc(Cl)cc2)c(N2CCN(C(c3ccccc3)c3ccccc3Cl)CC2)n2c(nc3ccccc32)c1C#N. The van der Waals surface area contributed by atoms with Gasteiger partial charge in [-0.1, -0.05) is 96.0 Å². The van der Waals surface area contributed by atoms with Crippen LogP contribution in [0, 0.1) is 18.3 Å². The van der Waals surface area contributed by atoms with E-state index in [2.05, 4.69) is 87.9 Å². The molecule has 7 rings (SSSR count). The molecule has 6 aromatic rings. The van der Waals surface area contributed by atoms with Gasteiger partial charge < -0.3 is 4.90 Å². The van der Waals surface area contributed by atoms with E-state index in [-0.39, 0.29) is 6.04 Å². The predicted octanol–water partition coefficient (Wildman–Crippen LogP) is 8.48.